The summed E-state index contributed by atoms with van der Waals surface area (Å²) in [6, 6.07) is 10.8. The monoisotopic (exact) mass is 394 g/mol. The molecular formula is C17H16F2N4O3S. The zero-order valence-corrected chi connectivity index (χ0v) is 15.0. The van der Waals surface area contributed by atoms with Crippen LogP contribution in [-0.2, 0) is 6.42 Å². The second-order valence-electron chi connectivity index (χ2n) is 5.84. The maximum absolute atomic E-state index is 13.1. The van der Waals surface area contributed by atoms with Crippen molar-refractivity contribution in [2.75, 3.05) is 6.54 Å². The van der Waals surface area contributed by atoms with E-state index in [-0.39, 0.29) is 23.7 Å². The van der Waals surface area contributed by atoms with Crippen molar-refractivity contribution in [1.29, 1.82) is 0 Å². The first-order valence-electron chi connectivity index (χ1n) is 8.03. The number of halogens is 2. The van der Waals surface area contributed by atoms with Crippen molar-refractivity contribution in [1.82, 2.24) is 20.7 Å². The maximum atomic E-state index is 13.1. The van der Waals surface area contributed by atoms with E-state index in [0.717, 1.165) is 16.9 Å². The number of aliphatic hydroxyl groups excluding tert-OH is 1. The summed E-state index contributed by atoms with van der Waals surface area (Å²) in [7, 11) is 0. The molecule has 2 heterocycles. The largest absolute Gasteiger partial charge is 0.380 e. The molecule has 0 fully saturated rings. The normalized spacial score (nSPS) is 12.7. The highest BCUT2D eigenvalue weighted by Gasteiger charge is 2.36. The summed E-state index contributed by atoms with van der Waals surface area (Å²) in [5.74, 6) is -3.25. The molecule has 0 radical (unpaired) electrons. The minimum Gasteiger partial charge on any atom is -0.380 e. The number of hydrogen-bond acceptors (Lipinski definition) is 7. The molecule has 0 bridgehead atoms. The van der Waals surface area contributed by atoms with Crippen molar-refractivity contribution < 1.29 is 23.2 Å². The Morgan fingerprint density at radius 2 is 2.07 bits per heavy atom. The van der Waals surface area contributed by atoms with E-state index in [1.807, 2.05) is 30.3 Å². The van der Waals surface area contributed by atoms with E-state index in [9.17, 15) is 18.7 Å². The van der Waals surface area contributed by atoms with E-state index in [1.165, 1.54) is 6.07 Å². The zero-order valence-electron chi connectivity index (χ0n) is 14.2. The van der Waals surface area contributed by atoms with Gasteiger partial charge in [-0.3, -0.25) is 4.79 Å². The molecule has 3 aromatic rings. The fraction of sp³-hybridized carbons (Fsp3) is 0.294. The minimum absolute atomic E-state index is 0.132. The van der Waals surface area contributed by atoms with Gasteiger partial charge in [0, 0.05) is 31.5 Å². The lowest BCUT2D eigenvalue weighted by atomic mass is 10.1. The van der Waals surface area contributed by atoms with Gasteiger partial charge in [-0.1, -0.05) is 46.8 Å². The fourth-order valence-corrected chi connectivity index (χ4v) is 3.12. The lowest BCUT2D eigenvalue weighted by molar-refractivity contribution is -0.0956. The molecule has 3 rings (SSSR count). The summed E-state index contributed by atoms with van der Waals surface area (Å²) in [5, 5.41) is 23.5. The van der Waals surface area contributed by atoms with Crippen LogP contribution in [0.4, 0.5) is 8.78 Å². The molecule has 7 nitrogen and oxygen atoms in total. The highest BCUT2D eigenvalue weighted by molar-refractivity contribution is 7.11. The van der Waals surface area contributed by atoms with Crippen molar-refractivity contribution in [3.8, 4) is 11.3 Å². The molecule has 1 atom stereocenters. The molecule has 0 aliphatic carbocycles. The van der Waals surface area contributed by atoms with Gasteiger partial charge in [0.1, 0.15) is 5.01 Å². The second-order valence-corrected chi connectivity index (χ2v) is 6.93. The molecule has 10 heteroatoms. The van der Waals surface area contributed by atoms with Gasteiger partial charge in [-0.05, 0) is 0 Å². The number of amides is 1. The van der Waals surface area contributed by atoms with Gasteiger partial charge in [0.15, 0.2) is 22.6 Å². The number of alkyl halides is 2. The van der Waals surface area contributed by atoms with Gasteiger partial charge >= 0.3 is 0 Å². The zero-order chi connectivity index (χ0) is 19.4. The quantitative estimate of drug-likeness (QED) is 0.639. The van der Waals surface area contributed by atoms with Gasteiger partial charge in [0.05, 0.1) is 0 Å². The van der Waals surface area contributed by atoms with Crippen molar-refractivity contribution in [2.45, 2.75) is 25.4 Å². The lowest BCUT2D eigenvalue weighted by Crippen LogP contribution is -2.25. The lowest BCUT2D eigenvalue weighted by Gasteiger charge is -2.14. The standard InChI is InChI=1S/C17H16F2N4O3S/c1-17(18,19)14(24)16-22-21-13(27-16)7-8-20-15(25)11-9-12(26-23-11)10-5-3-2-4-6-10/h2-6,9,14,24H,7-8H2,1H3,(H,20,25). The number of carbonyl (C=O) groups is 1. The van der Waals surface area contributed by atoms with Gasteiger partial charge in [-0.15, -0.1) is 10.2 Å². The number of rotatable bonds is 7. The smallest absolute Gasteiger partial charge is 0.277 e. The Morgan fingerprint density at radius 3 is 2.78 bits per heavy atom. The number of nitrogens with one attached hydrogen (secondary N) is 1. The van der Waals surface area contributed by atoms with E-state index in [1.54, 1.807) is 0 Å². The van der Waals surface area contributed by atoms with E-state index in [0.29, 0.717) is 17.7 Å². The summed E-state index contributed by atoms with van der Waals surface area (Å²) >= 11 is 0.879. The Morgan fingerprint density at radius 1 is 1.33 bits per heavy atom. The molecule has 142 valence electrons. The molecule has 1 unspecified atom stereocenters. The van der Waals surface area contributed by atoms with Gasteiger partial charge in [0.2, 0.25) is 0 Å². The number of benzene rings is 1. The van der Waals surface area contributed by atoms with Gasteiger partial charge in [-0.25, -0.2) is 8.78 Å². The van der Waals surface area contributed by atoms with Crippen molar-refractivity contribution >= 4 is 17.2 Å². The molecule has 2 N–H and O–H groups in total. The van der Waals surface area contributed by atoms with Crippen LogP contribution in [0.15, 0.2) is 40.9 Å². The minimum atomic E-state index is -3.30. The van der Waals surface area contributed by atoms with Crippen molar-refractivity contribution in [3.05, 3.63) is 52.1 Å². The number of hydrogen-bond donors (Lipinski definition) is 2. The highest BCUT2D eigenvalue weighted by atomic mass is 32.1. The van der Waals surface area contributed by atoms with Crippen LogP contribution < -0.4 is 5.32 Å². The third-order valence-electron chi connectivity index (χ3n) is 3.62. The summed E-state index contributed by atoms with van der Waals surface area (Å²) in [6.45, 7) is 0.820. The predicted octanol–water partition coefficient (Wildman–Crippen LogP) is 2.85. The molecule has 0 aliphatic rings. The first-order valence-corrected chi connectivity index (χ1v) is 8.85. The Balaban J connectivity index is 1.53. The molecule has 0 saturated heterocycles. The molecule has 27 heavy (non-hydrogen) atoms. The predicted molar refractivity (Wildman–Crippen MR) is 93.5 cm³/mol. The van der Waals surface area contributed by atoms with E-state index >= 15 is 0 Å². The maximum Gasteiger partial charge on any atom is 0.277 e. The Hall–Kier alpha value is -2.72. The van der Waals surface area contributed by atoms with Gasteiger partial charge < -0.3 is 14.9 Å². The van der Waals surface area contributed by atoms with Crippen LogP contribution in [0.2, 0.25) is 0 Å². The van der Waals surface area contributed by atoms with Gasteiger partial charge in [-0.2, -0.15) is 0 Å². The van der Waals surface area contributed by atoms with E-state index in [2.05, 4.69) is 20.7 Å². The van der Waals surface area contributed by atoms with Crippen molar-refractivity contribution in [2.24, 2.45) is 0 Å². The summed E-state index contributed by atoms with van der Waals surface area (Å²) in [6.07, 6.45) is -1.71. The van der Waals surface area contributed by atoms with Crippen LogP contribution in [0.1, 0.15) is 33.5 Å². The Kier molecular flexibility index (Phi) is 5.57. The molecular weight excluding hydrogens is 378 g/mol. The Bertz CT molecular complexity index is 908. The third-order valence-corrected chi connectivity index (χ3v) is 4.66. The van der Waals surface area contributed by atoms with Crippen LogP contribution >= 0.6 is 11.3 Å². The molecule has 0 aliphatic heterocycles. The summed E-state index contributed by atoms with van der Waals surface area (Å²) < 4.78 is 31.4. The first kappa shape index (κ1) is 19.1. The topological polar surface area (TPSA) is 101 Å². The molecule has 2 aromatic heterocycles. The van der Waals surface area contributed by atoms with Crippen LogP contribution in [0.5, 0.6) is 0 Å². The second kappa shape index (κ2) is 7.89. The average molecular weight is 394 g/mol. The number of carbonyl (C=O) groups excluding carboxylic acids is 1. The van der Waals surface area contributed by atoms with Crippen LogP contribution in [0.25, 0.3) is 11.3 Å². The van der Waals surface area contributed by atoms with Gasteiger partial charge in [0.25, 0.3) is 11.8 Å². The molecule has 1 amide bonds. The van der Waals surface area contributed by atoms with E-state index < -0.39 is 17.9 Å². The summed E-state index contributed by atoms with van der Waals surface area (Å²) in [4.78, 5) is 12.1. The molecule has 0 saturated carbocycles. The fourth-order valence-electron chi connectivity index (χ4n) is 2.19. The van der Waals surface area contributed by atoms with Crippen LogP contribution in [0.3, 0.4) is 0 Å². The van der Waals surface area contributed by atoms with E-state index in [4.69, 9.17) is 4.52 Å². The van der Waals surface area contributed by atoms with Crippen molar-refractivity contribution in [3.63, 3.8) is 0 Å². The number of aromatic nitrogens is 3. The first-order chi connectivity index (χ1) is 12.8. The molecule has 0 spiro atoms. The van der Waals surface area contributed by atoms with Crippen LogP contribution in [-0.4, -0.2) is 38.8 Å². The number of aliphatic hydroxyl groups is 1. The van der Waals surface area contributed by atoms with Crippen LogP contribution in [0, 0.1) is 0 Å². The highest BCUT2D eigenvalue weighted by Crippen LogP contribution is 2.32. The SMILES string of the molecule is CC(F)(F)C(O)c1nnc(CCNC(=O)c2cc(-c3ccccc3)on2)s1. The Labute approximate surface area is 157 Å². The third kappa shape index (κ3) is 4.72. The summed E-state index contributed by atoms with van der Waals surface area (Å²) in [5.41, 5.74) is 0.935. The molecule has 1 aromatic carbocycles. The average Bonchev–Trinajstić information content (AvgIpc) is 3.31. The number of nitrogens with zero attached hydrogens (tertiary/aromatic N) is 3.